The maximum absolute atomic E-state index is 13.0. The molecule has 2 aromatic rings. The van der Waals surface area contributed by atoms with Crippen molar-refractivity contribution in [1.29, 1.82) is 0 Å². The number of nitrogens with zero attached hydrogens (tertiary/aromatic N) is 1. The van der Waals surface area contributed by atoms with Crippen LogP contribution in [0.15, 0.2) is 24.4 Å². The molecule has 0 saturated heterocycles. The summed E-state index contributed by atoms with van der Waals surface area (Å²) >= 11 is 0. The van der Waals surface area contributed by atoms with E-state index in [2.05, 4.69) is 4.98 Å². The molecule has 0 saturated carbocycles. The first-order valence-corrected chi connectivity index (χ1v) is 4.10. The number of fused-ring (bicyclic) bond motifs is 1. The Balaban J connectivity index is 2.85. The van der Waals surface area contributed by atoms with Crippen LogP contribution in [0.25, 0.3) is 10.8 Å². The molecule has 2 rings (SSSR count). The van der Waals surface area contributed by atoms with Gasteiger partial charge in [-0.1, -0.05) is 0 Å². The van der Waals surface area contributed by atoms with Crippen LogP contribution in [-0.4, -0.2) is 12.1 Å². The van der Waals surface area contributed by atoms with Crippen LogP contribution in [0.1, 0.15) is 0 Å². The van der Waals surface area contributed by atoms with Crippen molar-refractivity contribution in [2.75, 3.05) is 12.8 Å². The molecule has 3 nitrogen and oxygen atoms in total. The molecule has 0 unspecified atom stereocenters. The fourth-order valence-corrected chi connectivity index (χ4v) is 1.38. The summed E-state index contributed by atoms with van der Waals surface area (Å²) in [6.45, 7) is 0. The van der Waals surface area contributed by atoms with Crippen molar-refractivity contribution in [1.82, 2.24) is 4.98 Å². The highest BCUT2D eigenvalue weighted by molar-refractivity contribution is 5.95. The second-order valence-corrected chi connectivity index (χ2v) is 2.91. The number of nitrogen functional groups attached to an aromatic ring is 1. The molecule has 0 aliphatic carbocycles. The van der Waals surface area contributed by atoms with Crippen molar-refractivity contribution < 1.29 is 9.13 Å². The van der Waals surface area contributed by atoms with Crippen molar-refractivity contribution in [2.45, 2.75) is 0 Å². The molecule has 0 amide bonds. The number of pyridine rings is 1. The number of hydrogen-bond donors (Lipinski definition) is 1. The summed E-state index contributed by atoms with van der Waals surface area (Å²) < 4.78 is 18.0. The first-order valence-electron chi connectivity index (χ1n) is 4.10. The third-order valence-corrected chi connectivity index (χ3v) is 2.04. The quantitative estimate of drug-likeness (QED) is 0.751. The third kappa shape index (κ3) is 1.25. The van der Waals surface area contributed by atoms with Gasteiger partial charge in [-0.05, 0) is 18.2 Å². The monoisotopic (exact) mass is 192 g/mol. The first-order chi connectivity index (χ1) is 6.72. The first kappa shape index (κ1) is 8.74. The lowest BCUT2D eigenvalue weighted by molar-refractivity contribution is 0.403. The molecule has 1 heterocycles. The lowest BCUT2D eigenvalue weighted by Crippen LogP contribution is -1.94. The molecule has 0 fully saturated rings. The zero-order valence-corrected chi connectivity index (χ0v) is 7.62. The lowest BCUT2D eigenvalue weighted by atomic mass is 10.1. The van der Waals surface area contributed by atoms with E-state index < -0.39 is 0 Å². The summed E-state index contributed by atoms with van der Waals surface area (Å²) in [4.78, 5) is 3.95. The summed E-state index contributed by atoms with van der Waals surface area (Å²) in [7, 11) is 1.49. The Bertz CT molecular complexity index is 485. The molecule has 0 atom stereocenters. The van der Waals surface area contributed by atoms with Crippen LogP contribution in [0.5, 0.6) is 5.88 Å². The molecule has 14 heavy (non-hydrogen) atoms. The number of anilines is 1. The summed E-state index contributed by atoms with van der Waals surface area (Å²) in [6.07, 6.45) is 1.50. The molecule has 0 spiro atoms. The molecule has 0 aliphatic heterocycles. The van der Waals surface area contributed by atoms with Gasteiger partial charge in [0.1, 0.15) is 5.82 Å². The number of ether oxygens (including phenoxy) is 1. The lowest BCUT2D eigenvalue weighted by Gasteiger charge is -2.06. The van der Waals surface area contributed by atoms with E-state index >= 15 is 0 Å². The Morgan fingerprint density at radius 1 is 1.36 bits per heavy atom. The molecule has 1 aromatic heterocycles. The zero-order valence-electron chi connectivity index (χ0n) is 7.62. The van der Waals surface area contributed by atoms with E-state index in [9.17, 15) is 4.39 Å². The van der Waals surface area contributed by atoms with E-state index in [1.165, 1.54) is 25.4 Å². The average molecular weight is 192 g/mol. The molecule has 0 aliphatic rings. The Labute approximate surface area is 80.3 Å². The Hall–Kier alpha value is -1.84. The molecule has 72 valence electrons. The third-order valence-electron chi connectivity index (χ3n) is 2.04. The van der Waals surface area contributed by atoms with Crippen molar-refractivity contribution in [3.63, 3.8) is 0 Å². The normalized spacial score (nSPS) is 10.4. The van der Waals surface area contributed by atoms with Gasteiger partial charge < -0.3 is 10.5 Å². The van der Waals surface area contributed by atoms with Crippen LogP contribution in [0, 0.1) is 5.82 Å². The number of hydrogen-bond acceptors (Lipinski definition) is 3. The molecular formula is C10H9FN2O. The Kier molecular flexibility index (Phi) is 1.96. The van der Waals surface area contributed by atoms with Crippen LogP contribution in [0.3, 0.4) is 0 Å². The van der Waals surface area contributed by atoms with Gasteiger partial charge >= 0.3 is 0 Å². The summed E-state index contributed by atoms with van der Waals surface area (Å²) in [5.41, 5.74) is 6.20. The highest BCUT2D eigenvalue weighted by Crippen LogP contribution is 2.27. The molecule has 2 N–H and O–H groups in total. The van der Waals surface area contributed by atoms with Gasteiger partial charge in [0.15, 0.2) is 0 Å². The number of nitrogens with two attached hydrogens (primary N) is 1. The van der Waals surface area contributed by atoms with E-state index in [0.717, 1.165) is 5.39 Å². The second-order valence-electron chi connectivity index (χ2n) is 2.91. The molecule has 4 heteroatoms. The van der Waals surface area contributed by atoms with E-state index in [4.69, 9.17) is 10.5 Å². The minimum atomic E-state index is -0.330. The summed E-state index contributed by atoms with van der Waals surface area (Å²) in [6, 6.07) is 4.33. The van der Waals surface area contributed by atoms with Crippen molar-refractivity contribution in [3.8, 4) is 5.88 Å². The molecular weight excluding hydrogens is 183 g/mol. The predicted octanol–water partition coefficient (Wildman–Crippen LogP) is 1.96. The van der Waals surface area contributed by atoms with Gasteiger partial charge in [-0.3, -0.25) is 0 Å². The van der Waals surface area contributed by atoms with E-state index in [-0.39, 0.29) is 5.82 Å². The molecule has 0 radical (unpaired) electrons. The Morgan fingerprint density at radius 3 is 2.86 bits per heavy atom. The van der Waals surface area contributed by atoms with Crippen LogP contribution < -0.4 is 10.5 Å². The smallest absolute Gasteiger partial charge is 0.221 e. The minimum absolute atomic E-state index is 0.330. The summed E-state index contributed by atoms with van der Waals surface area (Å²) in [5.74, 6) is 0.0527. The number of halogens is 1. The SMILES string of the molecule is COc1ncc(N)c2ccc(F)cc12. The van der Waals surface area contributed by atoms with E-state index in [1.807, 2.05) is 0 Å². The van der Waals surface area contributed by atoms with Crippen LogP contribution in [-0.2, 0) is 0 Å². The Morgan fingerprint density at radius 2 is 2.14 bits per heavy atom. The van der Waals surface area contributed by atoms with Gasteiger partial charge in [-0.2, -0.15) is 0 Å². The van der Waals surface area contributed by atoms with Gasteiger partial charge in [-0.25, -0.2) is 9.37 Å². The van der Waals surface area contributed by atoms with Crippen molar-refractivity contribution in [2.24, 2.45) is 0 Å². The molecule has 0 bridgehead atoms. The topological polar surface area (TPSA) is 48.1 Å². The maximum atomic E-state index is 13.0. The average Bonchev–Trinajstić information content (AvgIpc) is 2.18. The van der Waals surface area contributed by atoms with E-state index in [0.29, 0.717) is 17.0 Å². The van der Waals surface area contributed by atoms with Crippen molar-refractivity contribution >= 4 is 16.5 Å². The largest absolute Gasteiger partial charge is 0.481 e. The molecule has 1 aromatic carbocycles. The van der Waals surface area contributed by atoms with E-state index in [1.54, 1.807) is 6.07 Å². The fraction of sp³-hybridized carbons (Fsp3) is 0.100. The summed E-state index contributed by atoms with van der Waals surface area (Å²) in [5, 5.41) is 1.34. The van der Waals surface area contributed by atoms with Gasteiger partial charge in [0.05, 0.1) is 19.0 Å². The van der Waals surface area contributed by atoms with Gasteiger partial charge in [0.2, 0.25) is 5.88 Å². The van der Waals surface area contributed by atoms with Gasteiger partial charge in [0, 0.05) is 10.8 Å². The van der Waals surface area contributed by atoms with Crippen molar-refractivity contribution in [3.05, 3.63) is 30.2 Å². The van der Waals surface area contributed by atoms with Crippen LogP contribution >= 0.6 is 0 Å². The second kappa shape index (κ2) is 3.14. The predicted molar refractivity (Wildman–Crippen MR) is 52.7 cm³/mol. The van der Waals surface area contributed by atoms with Crippen LogP contribution in [0.4, 0.5) is 10.1 Å². The van der Waals surface area contributed by atoms with Gasteiger partial charge in [0.25, 0.3) is 0 Å². The standard InChI is InChI=1S/C10H9FN2O/c1-14-10-8-4-6(11)2-3-7(8)9(12)5-13-10/h2-5H,12H2,1H3. The number of aromatic nitrogens is 1. The fourth-order valence-electron chi connectivity index (χ4n) is 1.38. The van der Waals surface area contributed by atoms with Gasteiger partial charge in [-0.15, -0.1) is 0 Å². The zero-order chi connectivity index (χ0) is 10.1. The minimum Gasteiger partial charge on any atom is -0.481 e. The maximum Gasteiger partial charge on any atom is 0.221 e. The highest BCUT2D eigenvalue weighted by Gasteiger charge is 2.06. The highest BCUT2D eigenvalue weighted by atomic mass is 19.1. The number of methoxy groups -OCH3 is 1. The number of benzene rings is 1. The van der Waals surface area contributed by atoms with Crippen LogP contribution in [0.2, 0.25) is 0 Å². The number of rotatable bonds is 1.